The van der Waals surface area contributed by atoms with Crippen LogP contribution in [0.3, 0.4) is 0 Å². The predicted molar refractivity (Wildman–Crippen MR) is 82.4 cm³/mol. The van der Waals surface area contributed by atoms with Crippen molar-refractivity contribution >= 4 is 52.0 Å². The molecule has 0 spiro atoms. The minimum atomic E-state index is 0.0148. The summed E-state index contributed by atoms with van der Waals surface area (Å²) in [5, 5.41) is 0.946. The lowest BCUT2D eigenvalue weighted by Crippen LogP contribution is -2.26. The average Bonchev–Trinajstić information content (AvgIpc) is 2.77. The molecule has 1 aromatic rings. The van der Waals surface area contributed by atoms with E-state index in [1.807, 2.05) is 6.26 Å². The number of anilines is 1. The summed E-state index contributed by atoms with van der Waals surface area (Å²) in [6, 6.07) is 1.60. The van der Waals surface area contributed by atoms with Gasteiger partial charge in [-0.05, 0) is 12.2 Å². The van der Waals surface area contributed by atoms with E-state index in [9.17, 15) is 9.59 Å². The van der Waals surface area contributed by atoms with Gasteiger partial charge >= 0.3 is 0 Å². The highest BCUT2D eigenvalue weighted by Gasteiger charge is 2.32. The van der Waals surface area contributed by atoms with Gasteiger partial charge in [0.2, 0.25) is 5.91 Å². The third kappa shape index (κ3) is 3.86. The molecule has 1 fully saturated rings. The van der Waals surface area contributed by atoms with Crippen molar-refractivity contribution in [1.29, 1.82) is 0 Å². The maximum Gasteiger partial charge on any atom is 0.228 e. The molecule has 1 amide bonds. The largest absolute Gasteiger partial charge is 0.296 e. The molecule has 0 saturated carbocycles. The Morgan fingerprint density at radius 2 is 2.30 bits per heavy atom. The fourth-order valence-electron chi connectivity index (χ4n) is 1.96. The highest BCUT2D eigenvalue weighted by Crippen LogP contribution is 2.28. The van der Waals surface area contributed by atoms with Crippen LogP contribution in [0, 0.1) is 5.92 Å². The van der Waals surface area contributed by atoms with Crippen molar-refractivity contribution in [2.75, 3.05) is 23.5 Å². The van der Waals surface area contributed by atoms with Crippen molar-refractivity contribution in [3.63, 3.8) is 0 Å². The Bertz CT molecular complexity index is 541. The fraction of sp³-hybridized carbons (Fsp3) is 0.500. The highest BCUT2D eigenvalue weighted by atomic mass is 35.5. The number of aromatic nitrogens is 2. The third-order valence-corrected chi connectivity index (χ3v) is 4.63. The molecule has 1 unspecified atom stereocenters. The molecule has 1 atom stereocenters. The van der Waals surface area contributed by atoms with E-state index in [0.717, 1.165) is 0 Å². The molecule has 2 rings (SSSR count). The smallest absolute Gasteiger partial charge is 0.228 e. The van der Waals surface area contributed by atoms with Crippen molar-refractivity contribution in [3.8, 4) is 0 Å². The lowest BCUT2D eigenvalue weighted by Gasteiger charge is -2.16. The Hall–Kier alpha value is -0.790. The Balaban J connectivity index is 2.11. The molecule has 8 heteroatoms. The van der Waals surface area contributed by atoms with Crippen LogP contribution in [-0.4, -0.2) is 39.5 Å². The fourth-order valence-corrected chi connectivity index (χ4v) is 3.26. The Kier molecular flexibility index (Phi) is 5.29. The van der Waals surface area contributed by atoms with Gasteiger partial charge in [0.15, 0.2) is 10.3 Å². The van der Waals surface area contributed by atoms with E-state index in [2.05, 4.69) is 9.97 Å². The van der Waals surface area contributed by atoms with Gasteiger partial charge in [-0.3, -0.25) is 14.5 Å². The quantitative estimate of drug-likeness (QED) is 0.480. The molecule has 0 aromatic carbocycles. The van der Waals surface area contributed by atoms with Crippen LogP contribution >= 0.6 is 35.1 Å². The molecule has 0 radical (unpaired) electrons. The van der Waals surface area contributed by atoms with Crippen LogP contribution in [0.4, 0.5) is 5.82 Å². The Morgan fingerprint density at radius 1 is 1.55 bits per heavy atom. The first-order valence-corrected chi connectivity index (χ1v) is 8.60. The van der Waals surface area contributed by atoms with Crippen molar-refractivity contribution in [2.45, 2.75) is 18.5 Å². The van der Waals surface area contributed by atoms with Crippen LogP contribution in [0.25, 0.3) is 0 Å². The molecule has 0 N–H and O–H groups in total. The Morgan fingerprint density at radius 3 is 2.95 bits per heavy atom. The number of nitrogens with zero attached hydrogens (tertiary/aromatic N) is 3. The first-order valence-electron chi connectivity index (χ1n) is 6.02. The molecule has 1 aliphatic heterocycles. The summed E-state index contributed by atoms with van der Waals surface area (Å²) >= 11 is 8.58. The number of carbonyl (C=O) groups is 2. The average molecular weight is 332 g/mol. The molecule has 1 saturated heterocycles. The van der Waals surface area contributed by atoms with Crippen molar-refractivity contribution in [1.82, 2.24) is 9.97 Å². The number of carbonyl (C=O) groups excluding carboxylic acids is 2. The van der Waals surface area contributed by atoms with Crippen LogP contribution < -0.4 is 4.90 Å². The first kappa shape index (κ1) is 15.6. The lowest BCUT2D eigenvalue weighted by molar-refractivity contribution is -0.117. The van der Waals surface area contributed by atoms with Gasteiger partial charge in [0.05, 0.1) is 0 Å². The third-order valence-electron chi connectivity index (χ3n) is 2.85. The predicted octanol–water partition coefficient (Wildman–Crippen LogP) is 2.48. The monoisotopic (exact) mass is 331 g/mol. The number of halogens is 1. The molecule has 108 valence electrons. The Labute approximate surface area is 130 Å². The van der Waals surface area contributed by atoms with Gasteiger partial charge in [-0.1, -0.05) is 35.1 Å². The second-order valence-electron chi connectivity index (χ2n) is 4.41. The standard InChI is InChI=1S/C12H14ClN3O2S2/c1-7(17)20-6-8-3-11(18)16(5-8)10-4-9(13)14-12(15-10)19-2/h4,8H,3,5-6H2,1-2H3. The second-order valence-corrected chi connectivity index (χ2v) is 6.77. The van der Waals surface area contributed by atoms with Gasteiger partial charge in [-0.15, -0.1) is 0 Å². The summed E-state index contributed by atoms with van der Waals surface area (Å²) in [7, 11) is 0. The van der Waals surface area contributed by atoms with E-state index < -0.39 is 0 Å². The normalized spacial score (nSPS) is 18.6. The maximum absolute atomic E-state index is 12.1. The summed E-state index contributed by atoms with van der Waals surface area (Å²) in [5.41, 5.74) is 0. The van der Waals surface area contributed by atoms with Gasteiger partial charge in [0.25, 0.3) is 0 Å². The van der Waals surface area contributed by atoms with E-state index in [4.69, 9.17) is 11.6 Å². The van der Waals surface area contributed by atoms with Crippen molar-refractivity contribution in [3.05, 3.63) is 11.2 Å². The second kappa shape index (κ2) is 6.78. The van der Waals surface area contributed by atoms with Crippen LogP contribution in [0.15, 0.2) is 11.2 Å². The highest BCUT2D eigenvalue weighted by molar-refractivity contribution is 8.13. The molecule has 1 aliphatic rings. The number of thioether (sulfide) groups is 2. The number of amides is 1. The molecular formula is C12H14ClN3O2S2. The minimum Gasteiger partial charge on any atom is -0.296 e. The molecule has 0 bridgehead atoms. The van der Waals surface area contributed by atoms with E-state index in [-0.39, 0.29) is 16.9 Å². The molecule has 0 aliphatic carbocycles. The lowest BCUT2D eigenvalue weighted by atomic mass is 10.1. The number of rotatable bonds is 4. The van der Waals surface area contributed by atoms with Crippen LogP contribution in [0.1, 0.15) is 13.3 Å². The summed E-state index contributed by atoms with van der Waals surface area (Å²) < 4.78 is 0. The molecule has 1 aromatic heterocycles. The summed E-state index contributed by atoms with van der Waals surface area (Å²) in [6.45, 7) is 2.11. The van der Waals surface area contributed by atoms with Crippen LogP contribution in [0.2, 0.25) is 5.15 Å². The topological polar surface area (TPSA) is 63.2 Å². The van der Waals surface area contributed by atoms with Gasteiger partial charge in [0, 0.05) is 31.7 Å². The zero-order valence-corrected chi connectivity index (χ0v) is 13.5. The molecule has 20 heavy (non-hydrogen) atoms. The molecular weight excluding hydrogens is 318 g/mol. The van der Waals surface area contributed by atoms with Crippen molar-refractivity contribution in [2.24, 2.45) is 5.92 Å². The minimum absolute atomic E-state index is 0.0148. The molecule has 5 nitrogen and oxygen atoms in total. The summed E-state index contributed by atoms with van der Waals surface area (Å²) in [4.78, 5) is 33.0. The first-order chi connectivity index (χ1) is 9.49. The van der Waals surface area contributed by atoms with Gasteiger partial charge in [0.1, 0.15) is 11.0 Å². The van der Waals surface area contributed by atoms with Crippen LogP contribution in [-0.2, 0) is 9.59 Å². The van der Waals surface area contributed by atoms with Crippen molar-refractivity contribution < 1.29 is 9.59 Å². The summed E-state index contributed by atoms with van der Waals surface area (Å²) in [5.74, 6) is 1.38. The van der Waals surface area contributed by atoms with Gasteiger partial charge in [-0.25, -0.2) is 9.97 Å². The number of hydrogen-bond donors (Lipinski definition) is 0. The zero-order chi connectivity index (χ0) is 14.7. The van der Waals surface area contributed by atoms with Crippen LogP contribution in [0.5, 0.6) is 0 Å². The van der Waals surface area contributed by atoms with E-state index in [1.165, 1.54) is 30.4 Å². The maximum atomic E-state index is 12.1. The van der Waals surface area contributed by atoms with E-state index >= 15 is 0 Å². The summed E-state index contributed by atoms with van der Waals surface area (Å²) in [6.07, 6.45) is 2.30. The van der Waals surface area contributed by atoms with E-state index in [0.29, 0.717) is 34.8 Å². The van der Waals surface area contributed by atoms with E-state index in [1.54, 1.807) is 11.0 Å². The number of hydrogen-bond acceptors (Lipinski definition) is 6. The molecule has 2 heterocycles. The SMILES string of the molecule is CSc1nc(Cl)cc(N2CC(CSC(C)=O)CC2=O)n1. The van der Waals surface area contributed by atoms with Gasteiger partial charge in [-0.2, -0.15) is 0 Å². The zero-order valence-electron chi connectivity index (χ0n) is 11.1. The van der Waals surface area contributed by atoms with Gasteiger partial charge < -0.3 is 0 Å².